The van der Waals surface area contributed by atoms with E-state index >= 15 is 0 Å². The number of nitrogens with zero attached hydrogens (tertiary/aromatic N) is 5. The fourth-order valence-corrected chi connectivity index (χ4v) is 8.37. The molecule has 0 bridgehead atoms. The predicted molar refractivity (Wildman–Crippen MR) is 163 cm³/mol. The SMILES string of the molecule is CC=C(SC(=CCC)N1CCC(N)(CO)CC1)S(=O)(=O)N1CCN(Cc2cncn2C(C)c2ccc(F)cc2)CC1. The number of piperazine rings is 1. The molecule has 2 saturated heterocycles. The smallest absolute Gasteiger partial charge is 0.249 e. The lowest BCUT2D eigenvalue weighted by atomic mass is 9.90. The molecule has 4 rings (SSSR count). The van der Waals surface area contributed by atoms with Crippen LogP contribution in [0.1, 0.15) is 57.3 Å². The van der Waals surface area contributed by atoms with Gasteiger partial charge in [-0.1, -0.05) is 43.0 Å². The minimum Gasteiger partial charge on any atom is -0.394 e. The molecule has 41 heavy (non-hydrogen) atoms. The molecule has 0 amide bonds. The van der Waals surface area contributed by atoms with E-state index < -0.39 is 15.6 Å². The largest absolute Gasteiger partial charge is 0.394 e. The fraction of sp³-hybridized carbons (Fsp3) is 0.552. The number of hydrogen-bond donors (Lipinski definition) is 2. The molecule has 0 saturated carbocycles. The van der Waals surface area contributed by atoms with E-state index in [1.807, 2.05) is 13.1 Å². The molecule has 2 fully saturated rings. The lowest BCUT2D eigenvalue weighted by Crippen LogP contribution is -2.52. The van der Waals surface area contributed by atoms with Gasteiger partial charge in [0.05, 0.1) is 29.7 Å². The maximum absolute atomic E-state index is 13.7. The van der Waals surface area contributed by atoms with Crippen LogP contribution >= 0.6 is 11.8 Å². The maximum Gasteiger partial charge on any atom is 0.249 e. The number of likely N-dealkylation sites (tertiary alicyclic amines) is 1. The average Bonchev–Trinajstić information content (AvgIpc) is 3.44. The van der Waals surface area contributed by atoms with E-state index in [0.717, 1.165) is 22.7 Å². The Balaban J connectivity index is 1.37. The van der Waals surface area contributed by atoms with Gasteiger partial charge in [-0.2, -0.15) is 4.31 Å². The summed E-state index contributed by atoms with van der Waals surface area (Å²) in [4.78, 5) is 8.78. The van der Waals surface area contributed by atoms with Crippen LogP contribution in [0.4, 0.5) is 4.39 Å². The lowest BCUT2D eigenvalue weighted by Gasteiger charge is -2.40. The summed E-state index contributed by atoms with van der Waals surface area (Å²) < 4.78 is 44.8. The highest BCUT2D eigenvalue weighted by molar-refractivity contribution is 8.20. The standard InChI is InChI=1S/C29H43FN6O3S2/c1-4-6-27(34-13-11-29(31,21-37)12-14-34)40-28(5-2)41(38,39)35-17-15-33(16-18-35)20-26-19-32-22-36(26)23(3)24-7-9-25(30)10-8-24/h5-10,19,22-23,37H,4,11-18,20-21,31H2,1-3H3. The fourth-order valence-electron chi connectivity index (χ4n) is 5.29. The van der Waals surface area contributed by atoms with E-state index in [-0.39, 0.29) is 18.5 Å². The van der Waals surface area contributed by atoms with Crippen molar-refractivity contribution in [2.24, 2.45) is 5.73 Å². The number of halogens is 1. The summed E-state index contributed by atoms with van der Waals surface area (Å²) in [5.74, 6) is -0.260. The molecule has 0 radical (unpaired) electrons. The number of piperidine rings is 1. The summed E-state index contributed by atoms with van der Waals surface area (Å²) in [5, 5.41) is 10.5. The van der Waals surface area contributed by atoms with Gasteiger partial charge in [-0.05, 0) is 50.8 Å². The number of aromatic nitrogens is 2. The highest BCUT2D eigenvalue weighted by atomic mass is 32.3. The Morgan fingerprint density at radius 1 is 1.17 bits per heavy atom. The van der Waals surface area contributed by atoms with Crippen LogP contribution < -0.4 is 5.73 Å². The van der Waals surface area contributed by atoms with Crippen molar-refractivity contribution in [1.82, 2.24) is 23.7 Å². The molecule has 1 unspecified atom stereocenters. The summed E-state index contributed by atoms with van der Waals surface area (Å²) in [6.07, 6.45) is 9.50. The van der Waals surface area contributed by atoms with E-state index in [1.165, 1.54) is 23.9 Å². The average molecular weight is 607 g/mol. The maximum atomic E-state index is 13.7. The van der Waals surface area contributed by atoms with E-state index in [0.29, 0.717) is 62.9 Å². The predicted octanol–water partition coefficient (Wildman–Crippen LogP) is 3.71. The van der Waals surface area contributed by atoms with Gasteiger partial charge in [0.15, 0.2) is 0 Å². The van der Waals surface area contributed by atoms with Gasteiger partial charge in [-0.15, -0.1) is 0 Å². The van der Waals surface area contributed by atoms with Crippen LogP contribution in [-0.2, 0) is 16.6 Å². The first-order valence-corrected chi connectivity index (χ1v) is 16.5. The third kappa shape index (κ3) is 7.60. The Morgan fingerprint density at radius 2 is 1.83 bits per heavy atom. The molecule has 3 heterocycles. The van der Waals surface area contributed by atoms with Crippen molar-refractivity contribution >= 4 is 21.8 Å². The van der Waals surface area contributed by atoms with Crippen molar-refractivity contribution in [3.63, 3.8) is 0 Å². The van der Waals surface area contributed by atoms with Crippen LogP contribution in [0.15, 0.2) is 58.2 Å². The quantitative estimate of drug-likeness (QED) is 0.399. The van der Waals surface area contributed by atoms with E-state index in [1.54, 1.807) is 35.8 Å². The Hall–Kier alpha value is -2.22. The third-order valence-corrected chi connectivity index (χ3v) is 11.8. The third-order valence-electron chi connectivity index (χ3n) is 8.03. The molecule has 3 N–H and O–H groups in total. The van der Waals surface area contributed by atoms with Gasteiger partial charge in [0, 0.05) is 57.5 Å². The number of nitrogens with two attached hydrogens (primary N) is 1. The molecule has 12 heteroatoms. The summed E-state index contributed by atoms with van der Waals surface area (Å²) in [6, 6.07) is 6.51. The van der Waals surface area contributed by atoms with Crippen molar-refractivity contribution in [2.45, 2.75) is 58.2 Å². The summed E-state index contributed by atoms with van der Waals surface area (Å²) in [5.41, 5.74) is 7.72. The number of benzene rings is 1. The summed E-state index contributed by atoms with van der Waals surface area (Å²) in [7, 11) is -3.65. The van der Waals surface area contributed by atoms with Crippen LogP contribution in [0, 0.1) is 5.82 Å². The summed E-state index contributed by atoms with van der Waals surface area (Å²) in [6.45, 7) is 9.89. The van der Waals surface area contributed by atoms with Gasteiger partial charge in [0.25, 0.3) is 0 Å². The molecule has 0 aliphatic carbocycles. The van der Waals surface area contributed by atoms with Crippen molar-refractivity contribution in [1.29, 1.82) is 0 Å². The highest BCUT2D eigenvalue weighted by Gasteiger charge is 2.34. The van der Waals surface area contributed by atoms with Crippen molar-refractivity contribution in [3.05, 3.63) is 75.3 Å². The Morgan fingerprint density at radius 3 is 2.41 bits per heavy atom. The topological polar surface area (TPSA) is 108 Å². The number of rotatable bonds is 11. The zero-order valence-electron chi connectivity index (χ0n) is 24.2. The second-order valence-corrected chi connectivity index (χ2v) is 14.1. The second kappa shape index (κ2) is 13.8. The van der Waals surface area contributed by atoms with Crippen molar-refractivity contribution in [3.8, 4) is 0 Å². The van der Waals surface area contributed by atoms with Gasteiger partial charge in [0.1, 0.15) is 10.1 Å². The van der Waals surface area contributed by atoms with Gasteiger partial charge in [-0.25, -0.2) is 17.8 Å². The van der Waals surface area contributed by atoms with Gasteiger partial charge >= 0.3 is 0 Å². The number of sulfonamides is 1. The monoisotopic (exact) mass is 606 g/mol. The van der Waals surface area contributed by atoms with E-state index in [9.17, 15) is 17.9 Å². The normalized spacial score (nSPS) is 20.4. The van der Waals surface area contributed by atoms with Gasteiger partial charge < -0.3 is 20.3 Å². The van der Waals surface area contributed by atoms with Crippen molar-refractivity contribution < 1.29 is 17.9 Å². The first-order valence-electron chi connectivity index (χ1n) is 14.3. The lowest BCUT2D eigenvalue weighted by molar-refractivity contribution is 0.126. The molecule has 1 aromatic heterocycles. The minimum absolute atomic E-state index is 0.000715. The van der Waals surface area contributed by atoms with Crippen molar-refractivity contribution in [2.75, 3.05) is 45.9 Å². The number of aliphatic hydroxyl groups is 1. The number of hydrogen-bond acceptors (Lipinski definition) is 8. The molecule has 2 aromatic rings. The highest BCUT2D eigenvalue weighted by Crippen LogP contribution is 2.36. The van der Waals surface area contributed by atoms with Gasteiger partial charge in [-0.3, -0.25) is 4.90 Å². The van der Waals surface area contributed by atoms with Crippen LogP contribution in [0.25, 0.3) is 0 Å². The Labute approximate surface area is 247 Å². The number of thioether (sulfide) groups is 1. The molecule has 1 atom stereocenters. The number of imidazole rings is 1. The van der Waals surface area contributed by atoms with E-state index in [4.69, 9.17) is 5.73 Å². The van der Waals surface area contributed by atoms with Crippen LogP contribution in [0.3, 0.4) is 0 Å². The van der Waals surface area contributed by atoms with Crippen LogP contribution in [0.2, 0.25) is 0 Å². The molecule has 2 aliphatic heterocycles. The number of allylic oxidation sites excluding steroid dienone is 2. The first kappa shape index (κ1) is 31.7. The van der Waals surface area contributed by atoms with E-state index in [2.05, 4.69) is 32.4 Å². The van der Waals surface area contributed by atoms with Gasteiger partial charge in [0.2, 0.25) is 10.0 Å². The Kier molecular flexibility index (Phi) is 10.7. The van der Waals surface area contributed by atoms with Crippen LogP contribution in [-0.4, -0.2) is 88.6 Å². The summed E-state index contributed by atoms with van der Waals surface area (Å²) >= 11 is 1.30. The molecule has 2 aliphatic rings. The Bertz CT molecular complexity index is 1310. The zero-order chi connectivity index (χ0) is 29.6. The van der Waals surface area contributed by atoms with Crippen LogP contribution in [0.5, 0.6) is 0 Å². The molecule has 9 nitrogen and oxygen atoms in total. The zero-order valence-corrected chi connectivity index (χ0v) is 25.9. The minimum atomic E-state index is -3.65. The second-order valence-electron chi connectivity index (χ2n) is 10.9. The number of aliphatic hydroxyl groups excluding tert-OH is 1. The molecule has 226 valence electrons. The molecule has 1 aromatic carbocycles. The molecular weight excluding hydrogens is 563 g/mol. The first-order chi connectivity index (χ1) is 19.6. The molecule has 0 spiro atoms. The molecular formula is C29H43FN6O3S2.